The van der Waals surface area contributed by atoms with Gasteiger partial charge in [-0.05, 0) is 60.5 Å². The van der Waals surface area contributed by atoms with E-state index < -0.39 is 0 Å². The second-order valence-corrected chi connectivity index (χ2v) is 6.34. The van der Waals surface area contributed by atoms with E-state index in [-0.39, 0.29) is 11.8 Å². The van der Waals surface area contributed by atoms with E-state index in [1.807, 2.05) is 42.5 Å². The Bertz CT molecular complexity index is 1080. The number of nitrogens with zero attached hydrogens (tertiary/aromatic N) is 2. The van der Waals surface area contributed by atoms with E-state index in [4.69, 9.17) is 0 Å². The Labute approximate surface area is 163 Å². The summed E-state index contributed by atoms with van der Waals surface area (Å²) in [4.78, 5) is 29.9. The number of anilines is 2. The Morgan fingerprint density at radius 1 is 1.00 bits per heavy atom. The van der Waals surface area contributed by atoms with Crippen LogP contribution in [0.2, 0.25) is 0 Å². The molecule has 0 saturated carbocycles. The van der Waals surface area contributed by atoms with Gasteiger partial charge in [0.2, 0.25) is 5.91 Å². The van der Waals surface area contributed by atoms with Gasteiger partial charge in [-0.1, -0.05) is 18.1 Å². The van der Waals surface area contributed by atoms with Crippen LogP contribution in [-0.4, -0.2) is 23.3 Å². The molecule has 3 aromatic rings. The number of carbonyl (C=O) groups excluding carboxylic acids is 2. The third-order valence-corrected chi connectivity index (χ3v) is 4.41. The van der Waals surface area contributed by atoms with Crippen LogP contribution in [-0.2, 0) is 4.79 Å². The van der Waals surface area contributed by atoms with Crippen molar-refractivity contribution in [2.24, 2.45) is 0 Å². The number of hydrogen-bond donors (Lipinski definition) is 1. The maximum absolute atomic E-state index is 12.5. The van der Waals surface area contributed by atoms with Gasteiger partial charge in [0.05, 0.1) is 0 Å². The zero-order valence-electron chi connectivity index (χ0n) is 15.1. The molecule has 0 aliphatic carbocycles. The normalized spacial score (nSPS) is 12.6. The summed E-state index contributed by atoms with van der Waals surface area (Å²) in [6.07, 6.45) is 2.28. The molecule has 2 aromatic carbocycles. The SMILES string of the molecule is O=C(Nc1cccc(C#Cc2ccccn2)c1)c1ccc(N2CCC2=O)cc1. The number of carbonyl (C=O) groups is 2. The van der Waals surface area contributed by atoms with Gasteiger partial charge in [-0.2, -0.15) is 0 Å². The lowest BCUT2D eigenvalue weighted by Gasteiger charge is -2.30. The first-order valence-electron chi connectivity index (χ1n) is 8.94. The van der Waals surface area contributed by atoms with Gasteiger partial charge in [0, 0.05) is 41.7 Å². The Morgan fingerprint density at radius 2 is 1.86 bits per heavy atom. The lowest BCUT2D eigenvalue weighted by molar-refractivity contribution is -0.122. The summed E-state index contributed by atoms with van der Waals surface area (Å²) in [7, 11) is 0. The second kappa shape index (κ2) is 7.77. The van der Waals surface area contributed by atoms with Gasteiger partial charge in [-0.15, -0.1) is 0 Å². The number of aromatic nitrogens is 1. The highest BCUT2D eigenvalue weighted by molar-refractivity contribution is 6.05. The van der Waals surface area contributed by atoms with Crippen LogP contribution in [0.5, 0.6) is 0 Å². The van der Waals surface area contributed by atoms with Crippen LogP contribution in [0.3, 0.4) is 0 Å². The molecule has 5 nitrogen and oxygen atoms in total. The van der Waals surface area contributed by atoms with Crippen molar-refractivity contribution in [1.29, 1.82) is 0 Å². The molecule has 1 fully saturated rings. The summed E-state index contributed by atoms with van der Waals surface area (Å²) in [5.41, 5.74) is 3.49. The molecule has 0 radical (unpaired) electrons. The van der Waals surface area contributed by atoms with Crippen LogP contribution in [0.1, 0.15) is 28.0 Å². The van der Waals surface area contributed by atoms with Gasteiger partial charge in [0.25, 0.3) is 5.91 Å². The molecule has 0 unspecified atom stereocenters. The number of pyridine rings is 1. The number of amides is 2. The maximum Gasteiger partial charge on any atom is 0.255 e. The summed E-state index contributed by atoms with van der Waals surface area (Å²) in [6, 6.07) is 20.0. The van der Waals surface area contributed by atoms with Gasteiger partial charge in [0.1, 0.15) is 5.69 Å². The minimum Gasteiger partial charge on any atom is -0.322 e. The molecule has 0 spiro atoms. The van der Waals surface area contributed by atoms with Crippen molar-refractivity contribution < 1.29 is 9.59 Å². The van der Waals surface area contributed by atoms with Crippen LogP contribution in [0.15, 0.2) is 72.9 Å². The van der Waals surface area contributed by atoms with Crippen LogP contribution < -0.4 is 10.2 Å². The molecule has 2 amide bonds. The van der Waals surface area contributed by atoms with E-state index in [1.165, 1.54) is 0 Å². The zero-order chi connectivity index (χ0) is 19.3. The molecule has 5 heteroatoms. The highest BCUT2D eigenvalue weighted by Gasteiger charge is 2.25. The number of rotatable bonds is 3. The van der Waals surface area contributed by atoms with Crippen molar-refractivity contribution in [2.75, 3.05) is 16.8 Å². The molecule has 1 N–H and O–H groups in total. The molecule has 1 aliphatic heterocycles. The summed E-state index contributed by atoms with van der Waals surface area (Å²) < 4.78 is 0. The molecular weight excluding hydrogens is 350 g/mol. The zero-order valence-corrected chi connectivity index (χ0v) is 15.1. The molecule has 0 bridgehead atoms. The Balaban J connectivity index is 1.45. The van der Waals surface area contributed by atoms with Crippen molar-refractivity contribution in [3.8, 4) is 11.8 Å². The van der Waals surface area contributed by atoms with Crippen LogP contribution in [0.4, 0.5) is 11.4 Å². The first kappa shape index (κ1) is 17.5. The van der Waals surface area contributed by atoms with Crippen LogP contribution >= 0.6 is 0 Å². The summed E-state index contributed by atoms with van der Waals surface area (Å²) in [5.74, 6) is 5.95. The predicted molar refractivity (Wildman–Crippen MR) is 108 cm³/mol. The van der Waals surface area contributed by atoms with Crippen molar-refractivity contribution in [1.82, 2.24) is 4.98 Å². The molecule has 2 heterocycles. The van der Waals surface area contributed by atoms with Gasteiger partial charge >= 0.3 is 0 Å². The van der Waals surface area contributed by atoms with Gasteiger partial charge in [-0.25, -0.2) is 4.98 Å². The summed E-state index contributed by atoms with van der Waals surface area (Å²) in [5, 5.41) is 2.88. The smallest absolute Gasteiger partial charge is 0.255 e. The standard InChI is InChI=1S/C23H17N3O2/c27-22-13-15-26(22)21-11-8-18(9-12-21)23(28)25-20-6-3-4-17(16-20)7-10-19-5-1-2-14-24-19/h1-6,8-9,11-12,14,16H,13,15H2,(H,25,28). The van der Waals surface area contributed by atoms with E-state index in [0.717, 1.165) is 17.8 Å². The van der Waals surface area contributed by atoms with Crippen molar-refractivity contribution in [2.45, 2.75) is 6.42 Å². The lowest BCUT2D eigenvalue weighted by atomic mass is 10.1. The molecule has 1 aromatic heterocycles. The Kier molecular flexibility index (Phi) is 4.85. The monoisotopic (exact) mass is 367 g/mol. The lowest BCUT2D eigenvalue weighted by Crippen LogP contribution is -2.43. The van der Waals surface area contributed by atoms with E-state index in [1.54, 1.807) is 35.4 Å². The molecule has 136 valence electrons. The number of benzene rings is 2. The van der Waals surface area contributed by atoms with Crippen LogP contribution in [0.25, 0.3) is 0 Å². The number of hydrogen-bond acceptors (Lipinski definition) is 3. The Hall–Kier alpha value is -3.91. The fourth-order valence-electron chi connectivity index (χ4n) is 2.83. The molecule has 0 atom stereocenters. The quantitative estimate of drug-likeness (QED) is 0.570. The average molecular weight is 367 g/mol. The van der Waals surface area contributed by atoms with E-state index >= 15 is 0 Å². The van der Waals surface area contributed by atoms with E-state index in [9.17, 15) is 9.59 Å². The molecule has 4 rings (SSSR count). The number of nitrogens with one attached hydrogen (secondary N) is 1. The predicted octanol–water partition coefficient (Wildman–Crippen LogP) is 3.47. The average Bonchev–Trinajstić information content (AvgIpc) is 2.73. The maximum atomic E-state index is 12.5. The molecule has 1 saturated heterocycles. The topological polar surface area (TPSA) is 62.3 Å². The third-order valence-electron chi connectivity index (χ3n) is 4.41. The molecular formula is C23H17N3O2. The third kappa shape index (κ3) is 3.92. The minimum absolute atomic E-state index is 0.112. The van der Waals surface area contributed by atoms with E-state index in [2.05, 4.69) is 22.1 Å². The largest absolute Gasteiger partial charge is 0.322 e. The summed E-state index contributed by atoms with van der Waals surface area (Å²) in [6.45, 7) is 0.733. The van der Waals surface area contributed by atoms with Gasteiger partial charge in [0.15, 0.2) is 0 Å². The first-order chi connectivity index (χ1) is 13.7. The molecule has 28 heavy (non-hydrogen) atoms. The minimum atomic E-state index is -0.212. The fourth-order valence-corrected chi connectivity index (χ4v) is 2.83. The van der Waals surface area contributed by atoms with Crippen molar-refractivity contribution >= 4 is 23.2 Å². The Morgan fingerprint density at radius 3 is 2.54 bits per heavy atom. The first-order valence-corrected chi connectivity index (χ1v) is 8.94. The number of β-lactam (4-membered cyclic amide) rings is 1. The van der Waals surface area contributed by atoms with Gasteiger partial charge < -0.3 is 10.2 Å². The summed E-state index contributed by atoms with van der Waals surface area (Å²) >= 11 is 0. The highest BCUT2D eigenvalue weighted by atomic mass is 16.2. The van der Waals surface area contributed by atoms with E-state index in [0.29, 0.717) is 23.4 Å². The fraction of sp³-hybridized carbons (Fsp3) is 0.0870. The van der Waals surface area contributed by atoms with Crippen molar-refractivity contribution in [3.05, 3.63) is 89.7 Å². The highest BCUT2D eigenvalue weighted by Crippen LogP contribution is 2.22. The van der Waals surface area contributed by atoms with Crippen LogP contribution in [0, 0.1) is 11.8 Å². The second-order valence-electron chi connectivity index (χ2n) is 6.34. The molecule has 1 aliphatic rings. The van der Waals surface area contributed by atoms with Gasteiger partial charge in [-0.3, -0.25) is 9.59 Å². The van der Waals surface area contributed by atoms with Crippen molar-refractivity contribution in [3.63, 3.8) is 0 Å².